The van der Waals surface area contributed by atoms with E-state index in [1.165, 1.54) is 30.5 Å². The Morgan fingerprint density at radius 2 is 1.88 bits per heavy atom. The van der Waals surface area contributed by atoms with Gasteiger partial charge in [0.2, 0.25) is 0 Å². The van der Waals surface area contributed by atoms with Gasteiger partial charge in [0.25, 0.3) is 0 Å². The SMILES string of the molecule is CN=C(NCC1CCCN1C)N1CCc2cc(OC)c(OC)cc2C1.I. The summed E-state index contributed by atoms with van der Waals surface area (Å²) in [4.78, 5) is 9.26. The zero-order valence-corrected chi connectivity index (χ0v) is 18.6. The molecule has 7 heteroatoms. The fraction of sp³-hybridized carbons (Fsp3) is 0.632. The molecule has 1 unspecified atom stereocenters. The van der Waals surface area contributed by atoms with E-state index in [0.29, 0.717) is 6.04 Å². The molecule has 0 radical (unpaired) electrons. The number of hydrogen-bond donors (Lipinski definition) is 1. The van der Waals surface area contributed by atoms with Crippen LogP contribution < -0.4 is 14.8 Å². The Hall–Kier alpha value is -1.22. The molecule has 0 spiro atoms. The molecule has 0 aromatic heterocycles. The van der Waals surface area contributed by atoms with Crippen LogP contribution in [0, 0.1) is 0 Å². The zero-order valence-electron chi connectivity index (χ0n) is 16.2. The van der Waals surface area contributed by atoms with Crippen LogP contribution in [0.15, 0.2) is 17.1 Å². The summed E-state index contributed by atoms with van der Waals surface area (Å²) < 4.78 is 10.9. The molecule has 1 aromatic rings. The van der Waals surface area contributed by atoms with Gasteiger partial charge in [0, 0.05) is 32.7 Å². The number of halogens is 1. The Bertz CT molecular complexity index is 638. The van der Waals surface area contributed by atoms with Crippen LogP contribution in [0.25, 0.3) is 0 Å². The van der Waals surface area contributed by atoms with Crippen molar-refractivity contribution in [3.63, 3.8) is 0 Å². The topological polar surface area (TPSA) is 49.3 Å². The van der Waals surface area contributed by atoms with Crippen LogP contribution in [0.4, 0.5) is 0 Å². The number of nitrogens with zero attached hydrogens (tertiary/aromatic N) is 3. The summed E-state index contributed by atoms with van der Waals surface area (Å²) in [6.45, 7) is 3.96. The summed E-state index contributed by atoms with van der Waals surface area (Å²) in [6.07, 6.45) is 3.54. The molecule has 1 saturated heterocycles. The van der Waals surface area contributed by atoms with E-state index in [1.807, 2.05) is 7.05 Å². The highest BCUT2D eigenvalue weighted by molar-refractivity contribution is 14.0. The van der Waals surface area contributed by atoms with Gasteiger partial charge in [0.05, 0.1) is 14.2 Å². The van der Waals surface area contributed by atoms with Crippen LogP contribution in [0.5, 0.6) is 11.5 Å². The van der Waals surface area contributed by atoms with Gasteiger partial charge in [-0.2, -0.15) is 0 Å². The number of benzene rings is 1. The van der Waals surface area contributed by atoms with E-state index in [0.717, 1.165) is 43.5 Å². The average molecular weight is 474 g/mol. The summed E-state index contributed by atoms with van der Waals surface area (Å²) >= 11 is 0. The highest BCUT2D eigenvalue weighted by Gasteiger charge is 2.24. The minimum absolute atomic E-state index is 0. The molecule has 1 N–H and O–H groups in total. The van der Waals surface area contributed by atoms with Crippen molar-refractivity contribution < 1.29 is 9.47 Å². The molecule has 146 valence electrons. The lowest BCUT2D eigenvalue weighted by Gasteiger charge is -2.33. The van der Waals surface area contributed by atoms with Gasteiger partial charge in [-0.15, -0.1) is 24.0 Å². The van der Waals surface area contributed by atoms with Crippen molar-refractivity contribution in [1.29, 1.82) is 0 Å². The molecule has 2 heterocycles. The summed E-state index contributed by atoms with van der Waals surface area (Å²) in [7, 11) is 7.44. The van der Waals surface area contributed by atoms with Crippen molar-refractivity contribution in [3.05, 3.63) is 23.3 Å². The number of rotatable bonds is 4. The Morgan fingerprint density at radius 3 is 2.46 bits per heavy atom. The van der Waals surface area contributed by atoms with Gasteiger partial charge in [-0.05, 0) is 56.1 Å². The fourth-order valence-corrected chi connectivity index (χ4v) is 3.84. The highest BCUT2D eigenvalue weighted by atomic mass is 127. The minimum Gasteiger partial charge on any atom is -0.493 e. The molecule has 3 rings (SSSR count). The van der Waals surface area contributed by atoms with E-state index in [1.54, 1.807) is 14.2 Å². The molecule has 1 fully saturated rings. The molecule has 0 bridgehead atoms. The van der Waals surface area contributed by atoms with Crippen LogP contribution in [-0.2, 0) is 13.0 Å². The molecule has 0 amide bonds. The Labute approximate surface area is 173 Å². The van der Waals surface area contributed by atoms with Crippen molar-refractivity contribution in [2.45, 2.75) is 31.8 Å². The van der Waals surface area contributed by atoms with E-state index in [9.17, 15) is 0 Å². The minimum atomic E-state index is 0. The predicted molar refractivity (Wildman–Crippen MR) is 116 cm³/mol. The van der Waals surface area contributed by atoms with Crippen molar-refractivity contribution in [2.75, 3.05) is 47.9 Å². The number of ether oxygens (including phenoxy) is 2. The van der Waals surface area contributed by atoms with E-state index in [4.69, 9.17) is 9.47 Å². The molecule has 26 heavy (non-hydrogen) atoms. The van der Waals surface area contributed by atoms with Gasteiger partial charge in [-0.1, -0.05) is 0 Å². The second kappa shape index (κ2) is 9.64. The first-order chi connectivity index (χ1) is 12.2. The first kappa shape index (κ1) is 21.1. The monoisotopic (exact) mass is 474 g/mol. The first-order valence-corrected chi connectivity index (χ1v) is 9.06. The Morgan fingerprint density at radius 1 is 1.19 bits per heavy atom. The molecule has 1 atom stereocenters. The number of aliphatic imine (C=N–C) groups is 1. The van der Waals surface area contributed by atoms with E-state index >= 15 is 0 Å². The third kappa shape index (κ3) is 4.54. The van der Waals surface area contributed by atoms with E-state index < -0.39 is 0 Å². The lowest BCUT2D eigenvalue weighted by molar-refractivity contribution is 0.302. The van der Waals surface area contributed by atoms with Crippen molar-refractivity contribution >= 4 is 29.9 Å². The Balaban J connectivity index is 0.00000243. The van der Waals surface area contributed by atoms with E-state index in [-0.39, 0.29) is 24.0 Å². The maximum atomic E-state index is 5.46. The van der Waals surface area contributed by atoms with Crippen LogP contribution in [0.3, 0.4) is 0 Å². The maximum absolute atomic E-state index is 5.46. The van der Waals surface area contributed by atoms with Crippen molar-refractivity contribution in [2.24, 2.45) is 4.99 Å². The van der Waals surface area contributed by atoms with Crippen LogP contribution in [-0.4, -0.2) is 69.8 Å². The lowest BCUT2D eigenvalue weighted by Crippen LogP contribution is -2.47. The summed E-state index contributed by atoms with van der Waals surface area (Å²) in [5.41, 5.74) is 2.62. The number of hydrogen-bond acceptors (Lipinski definition) is 4. The number of likely N-dealkylation sites (N-methyl/N-ethyl adjacent to an activating group) is 1. The molecule has 2 aliphatic heterocycles. The zero-order chi connectivity index (χ0) is 17.8. The molecule has 6 nitrogen and oxygen atoms in total. The predicted octanol–water partition coefficient (Wildman–Crippen LogP) is 2.35. The smallest absolute Gasteiger partial charge is 0.194 e. The second-order valence-electron chi connectivity index (χ2n) is 6.85. The molecular formula is C19H31IN4O2. The van der Waals surface area contributed by atoms with Crippen LogP contribution in [0.2, 0.25) is 0 Å². The lowest BCUT2D eigenvalue weighted by atomic mass is 9.99. The summed E-state index contributed by atoms with van der Waals surface area (Å²) in [5, 5.41) is 3.57. The van der Waals surface area contributed by atoms with E-state index in [2.05, 4.69) is 39.3 Å². The molecule has 2 aliphatic rings. The largest absolute Gasteiger partial charge is 0.493 e. The third-order valence-electron chi connectivity index (χ3n) is 5.40. The molecule has 1 aromatic carbocycles. The summed E-state index contributed by atoms with van der Waals surface area (Å²) in [6, 6.07) is 4.81. The maximum Gasteiger partial charge on any atom is 0.194 e. The highest BCUT2D eigenvalue weighted by Crippen LogP contribution is 2.33. The normalized spacial score (nSPS) is 20.4. The van der Waals surface area contributed by atoms with Crippen LogP contribution in [0.1, 0.15) is 24.0 Å². The number of nitrogens with one attached hydrogen (secondary N) is 1. The van der Waals surface area contributed by atoms with Gasteiger partial charge in [-0.25, -0.2) is 0 Å². The fourth-order valence-electron chi connectivity index (χ4n) is 3.84. The van der Waals surface area contributed by atoms with Gasteiger partial charge >= 0.3 is 0 Å². The third-order valence-corrected chi connectivity index (χ3v) is 5.40. The Kier molecular flexibility index (Phi) is 7.82. The van der Waals surface area contributed by atoms with Gasteiger partial charge < -0.3 is 24.6 Å². The quantitative estimate of drug-likeness (QED) is 0.413. The average Bonchev–Trinajstić information content (AvgIpc) is 3.05. The van der Waals surface area contributed by atoms with Crippen molar-refractivity contribution in [1.82, 2.24) is 15.1 Å². The second-order valence-corrected chi connectivity index (χ2v) is 6.85. The number of guanidine groups is 1. The van der Waals surface area contributed by atoms with Gasteiger partial charge in [-0.3, -0.25) is 4.99 Å². The summed E-state index contributed by atoms with van der Waals surface area (Å²) in [5.74, 6) is 2.58. The molecule has 0 saturated carbocycles. The first-order valence-electron chi connectivity index (χ1n) is 9.06. The number of likely N-dealkylation sites (tertiary alicyclic amines) is 1. The standard InChI is InChI=1S/C19H30N4O2.HI/c1-20-19(21-12-16-6-5-8-22(16)2)23-9-7-14-10-17(24-3)18(25-4)11-15(14)13-23;/h10-11,16H,5-9,12-13H2,1-4H3,(H,20,21);1H. The number of methoxy groups -OCH3 is 2. The van der Waals surface area contributed by atoms with Crippen LogP contribution >= 0.6 is 24.0 Å². The van der Waals surface area contributed by atoms with Gasteiger partial charge in [0.15, 0.2) is 17.5 Å². The number of fused-ring (bicyclic) bond motifs is 1. The molecular weight excluding hydrogens is 443 g/mol. The van der Waals surface area contributed by atoms with Crippen molar-refractivity contribution in [3.8, 4) is 11.5 Å². The van der Waals surface area contributed by atoms with Gasteiger partial charge in [0.1, 0.15) is 0 Å². The molecule has 0 aliphatic carbocycles.